The van der Waals surface area contributed by atoms with E-state index in [-0.39, 0.29) is 18.0 Å². The zero-order valence-corrected chi connectivity index (χ0v) is 21.1. The van der Waals surface area contributed by atoms with E-state index >= 15 is 0 Å². The largest absolute Gasteiger partial charge is 0.497 e. The molecule has 184 valence electrons. The van der Waals surface area contributed by atoms with Crippen LogP contribution in [0.1, 0.15) is 45.6 Å². The number of carbonyl (C=O) groups is 1. The van der Waals surface area contributed by atoms with Crippen molar-refractivity contribution in [3.63, 3.8) is 0 Å². The summed E-state index contributed by atoms with van der Waals surface area (Å²) in [6, 6.07) is 19.8. The van der Waals surface area contributed by atoms with Crippen molar-refractivity contribution in [2.45, 2.75) is 38.9 Å². The van der Waals surface area contributed by atoms with E-state index < -0.39 is 0 Å². The summed E-state index contributed by atoms with van der Waals surface area (Å²) in [6.07, 6.45) is 0.890. The smallest absolute Gasteiger partial charge is 0.251 e. The molecule has 0 spiro atoms. The maximum absolute atomic E-state index is 13.1. The van der Waals surface area contributed by atoms with E-state index in [9.17, 15) is 4.79 Å². The summed E-state index contributed by atoms with van der Waals surface area (Å²) in [5.74, 6) is 2.18. The number of amides is 1. The molecule has 2 atom stereocenters. The van der Waals surface area contributed by atoms with Gasteiger partial charge in [-0.1, -0.05) is 29.8 Å². The Morgan fingerprint density at radius 3 is 2.26 bits per heavy atom. The van der Waals surface area contributed by atoms with Gasteiger partial charge in [-0.05, 0) is 73.4 Å². The van der Waals surface area contributed by atoms with Crippen LogP contribution < -0.4 is 19.5 Å². The predicted molar refractivity (Wildman–Crippen MR) is 138 cm³/mol. The predicted octanol–water partition coefficient (Wildman–Crippen LogP) is 4.94. The van der Waals surface area contributed by atoms with Crippen LogP contribution in [-0.4, -0.2) is 44.7 Å². The number of methoxy groups -OCH3 is 3. The van der Waals surface area contributed by atoms with E-state index in [0.717, 1.165) is 42.1 Å². The number of nitrogens with zero attached hydrogens (tertiary/aromatic N) is 1. The van der Waals surface area contributed by atoms with Gasteiger partial charge < -0.3 is 19.5 Å². The van der Waals surface area contributed by atoms with E-state index in [1.807, 2.05) is 43.3 Å². The lowest BCUT2D eigenvalue weighted by molar-refractivity contribution is 0.0877. The molecule has 1 N–H and O–H groups in total. The monoisotopic (exact) mass is 474 g/mol. The van der Waals surface area contributed by atoms with Crippen molar-refractivity contribution in [2.75, 3.05) is 27.9 Å². The number of ether oxygens (including phenoxy) is 3. The number of hydrogen-bond acceptors (Lipinski definition) is 5. The summed E-state index contributed by atoms with van der Waals surface area (Å²) in [5.41, 5.74) is 5.35. The fourth-order valence-electron chi connectivity index (χ4n) is 4.83. The maximum Gasteiger partial charge on any atom is 0.251 e. The van der Waals surface area contributed by atoms with Crippen molar-refractivity contribution < 1.29 is 19.0 Å². The van der Waals surface area contributed by atoms with Gasteiger partial charge in [0.15, 0.2) is 11.5 Å². The molecule has 6 nitrogen and oxygen atoms in total. The van der Waals surface area contributed by atoms with Crippen LogP contribution in [0.5, 0.6) is 17.2 Å². The molecule has 4 rings (SSSR count). The average Bonchev–Trinajstić information content (AvgIpc) is 2.88. The molecule has 0 aliphatic carbocycles. The van der Waals surface area contributed by atoms with Crippen LogP contribution in [0.15, 0.2) is 60.7 Å². The van der Waals surface area contributed by atoms with E-state index in [2.05, 4.69) is 41.4 Å². The standard InChI is InChI=1S/C29H34N2O4/c1-19-6-10-22(11-7-19)29(32)30-20(2)28-25-17-27(35-5)26(34-4)16-23(25)14-15-31(28)18-21-8-12-24(33-3)13-9-21/h6-13,16-17,20,28H,14-15,18H2,1-5H3,(H,30,32)/t20-,28+/m1/s1. The first-order chi connectivity index (χ1) is 16.9. The molecule has 0 fully saturated rings. The number of rotatable bonds is 8. The van der Waals surface area contributed by atoms with Gasteiger partial charge >= 0.3 is 0 Å². The number of carbonyl (C=O) groups excluding carboxylic acids is 1. The first-order valence-electron chi connectivity index (χ1n) is 11.9. The Bertz CT molecular complexity index is 1160. The zero-order chi connectivity index (χ0) is 24.9. The Balaban J connectivity index is 1.66. The maximum atomic E-state index is 13.1. The molecule has 0 saturated heterocycles. The fourth-order valence-corrected chi connectivity index (χ4v) is 4.83. The lowest BCUT2D eigenvalue weighted by Crippen LogP contribution is -2.47. The van der Waals surface area contributed by atoms with Crippen LogP contribution in [0.4, 0.5) is 0 Å². The number of fused-ring (bicyclic) bond motifs is 1. The fraction of sp³-hybridized carbons (Fsp3) is 0.345. The van der Waals surface area contributed by atoms with Gasteiger partial charge in [0.1, 0.15) is 5.75 Å². The normalized spacial score (nSPS) is 16.2. The summed E-state index contributed by atoms with van der Waals surface area (Å²) in [4.78, 5) is 15.5. The molecule has 0 unspecified atom stereocenters. The van der Waals surface area contributed by atoms with Crippen LogP contribution in [0.25, 0.3) is 0 Å². The number of aryl methyl sites for hydroxylation is 1. The second-order valence-corrected chi connectivity index (χ2v) is 9.05. The highest BCUT2D eigenvalue weighted by atomic mass is 16.5. The third kappa shape index (κ3) is 5.43. The Morgan fingerprint density at radius 2 is 1.63 bits per heavy atom. The van der Waals surface area contributed by atoms with E-state index in [4.69, 9.17) is 14.2 Å². The van der Waals surface area contributed by atoms with Crippen LogP contribution >= 0.6 is 0 Å². The molecule has 3 aromatic carbocycles. The van der Waals surface area contributed by atoms with Crippen molar-refractivity contribution in [1.82, 2.24) is 10.2 Å². The van der Waals surface area contributed by atoms with Crippen molar-refractivity contribution >= 4 is 5.91 Å². The van der Waals surface area contributed by atoms with Crippen LogP contribution in [-0.2, 0) is 13.0 Å². The minimum atomic E-state index is -0.140. The molecule has 1 aliphatic heterocycles. The topological polar surface area (TPSA) is 60.0 Å². The molecular formula is C29H34N2O4. The molecular weight excluding hydrogens is 440 g/mol. The van der Waals surface area contributed by atoms with Gasteiger partial charge in [0.2, 0.25) is 0 Å². The zero-order valence-electron chi connectivity index (χ0n) is 21.1. The second kappa shape index (κ2) is 10.8. The summed E-state index contributed by atoms with van der Waals surface area (Å²) >= 11 is 0. The SMILES string of the molecule is COc1ccc(CN2CCc3cc(OC)c(OC)cc3[C@@H]2[C@@H](C)NC(=O)c2ccc(C)cc2)cc1. The molecule has 0 saturated carbocycles. The quantitative estimate of drug-likeness (QED) is 0.501. The van der Waals surface area contributed by atoms with Crippen LogP contribution in [0, 0.1) is 6.92 Å². The van der Waals surface area contributed by atoms with Gasteiger partial charge in [-0.25, -0.2) is 0 Å². The molecule has 0 radical (unpaired) electrons. The molecule has 1 heterocycles. The van der Waals surface area contributed by atoms with Gasteiger partial charge in [-0.3, -0.25) is 9.69 Å². The van der Waals surface area contributed by atoms with Gasteiger partial charge in [0.25, 0.3) is 5.91 Å². The van der Waals surface area contributed by atoms with Crippen molar-refractivity contribution in [3.8, 4) is 17.2 Å². The summed E-state index contributed by atoms with van der Waals surface area (Å²) in [6.45, 7) is 5.71. The number of nitrogens with one attached hydrogen (secondary N) is 1. The minimum Gasteiger partial charge on any atom is -0.497 e. The van der Waals surface area contributed by atoms with Crippen molar-refractivity contribution in [2.24, 2.45) is 0 Å². The highest BCUT2D eigenvalue weighted by Crippen LogP contribution is 2.40. The Morgan fingerprint density at radius 1 is 0.971 bits per heavy atom. The third-order valence-corrected chi connectivity index (χ3v) is 6.72. The summed E-state index contributed by atoms with van der Waals surface area (Å²) < 4.78 is 16.5. The Kier molecular flexibility index (Phi) is 7.61. The first-order valence-corrected chi connectivity index (χ1v) is 11.9. The lowest BCUT2D eigenvalue weighted by atomic mass is 9.87. The third-order valence-electron chi connectivity index (χ3n) is 6.72. The molecule has 6 heteroatoms. The van der Waals surface area contributed by atoms with Crippen molar-refractivity contribution in [3.05, 3.63) is 88.5 Å². The molecule has 1 aliphatic rings. The van der Waals surface area contributed by atoms with E-state index in [1.165, 1.54) is 11.1 Å². The summed E-state index contributed by atoms with van der Waals surface area (Å²) in [5, 5.41) is 3.25. The highest BCUT2D eigenvalue weighted by molar-refractivity contribution is 5.94. The minimum absolute atomic E-state index is 0.0324. The van der Waals surface area contributed by atoms with Gasteiger partial charge in [0, 0.05) is 24.7 Å². The first kappa shape index (κ1) is 24.6. The molecule has 3 aromatic rings. The number of benzene rings is 3. The molecule has 0 bridgehead atoms. The Labute approximate surface area is 207 Å². The Hall–Kier alpha value is -3.51. The van der Waals surface area contributed by atoms with Crippen molar-refractivity contribution in [1.29, 1.82) is 0 Å². The molecule has 1 amide bonds. The highest BCUT2D eigenvalue weighted by Gasteiger charge is 2.34. The lowest BCUT2D eigenvalue weighted by Gasteiger charge is -2.41. The van der Waals surface area contributed by atoms with Gasteiger partial charge in [-0.2, -0.15) is 0 Å². The second-order valence-electron chi connectivity index (χ2n) is 9.05. The van der Waals surface area contributed by atoms with E-state index in [1.54, 1.807) is 21.3 Å². The summed E-state index contributed by atoms with van der Waals surface area (Å²) in [7, 11) is 4.98. The van der Waals surface area contributed by atoms with Crippen LogP contribution in [0.3, 0.4) is 0 Å². The van der Waals surface area contributed by atoms with E-state index in [0.29, 0.717) is 11.3 Å². The van der Waals surface area contributed by atoms with Crippen LogP contribution in [0.2, 0.25) is 0 Å². The van der Waals surface area contributed by atoms with Gasteiger partial charge in [0.05, 0.1) is 27.4 Å². The van der Waals surface area contributed by atoms with Gasteiger partial charge in [-0.15, -0.1) is 0 Å². The average molecular weight is 475 g/mol. The molecule has 0 aromatic heterocycles. The molecule has 35 heavy (non-hydrogen) atoms. The number of hydrogen-bond donors (Lipinski definition) is 1.